The molecular weight excluding hydrogens is 312 g/mol. The highest BCUT2D eigenvalue weighted by Gasteiger charge is 2.36. The van der Waals surface area contributed by atoms with Crippen molar-refractivity contribution >= 4 is 5.91 Å². The highest BCUT2D eigenvalue weighted by molar-refractivity contribution is 5.78. The molecule has 1 aliphatic heterocycles. The van der Waals surface area contributed by atoms with Crippen molar-refractivity contribution in [3.63, 3.8) is 0 Å². The van der Waals surface area contributed by atoms with Gasteiger partial charge in [0, 0.05) is 18.5 Å². The molecule has 1 aromatic carbocycles. The van der Waals surface area contributed by atoms with Crippen LogP contribution in [0.25, 0.3) is 0 Å². The van der Waals surface area contributed by atoms with E-state index < -0.39 is 0 Å². The van der Waals surface area contributed by atoms with Crippen LogP contribution in [0.15, 0.2) is 30.3 Å². The van der Waals surface area contributed by atoms with Crippen LogP contribution in [0.3, 0.4) is 0 Å². The molecule has 25 heavy (non-hydrogen) atoms. The summed E-state index contributed by atoms with van der Waals surface area (Å²) in [5, 5.41) is 13.0. The van der Waals surface area contributed by atoms with Gasteiger partial charge in [0.2, 0.25) is 5.91 Å². The molecule has 1 saturated heterocycles. The fourth-order valence-electron chi connectivity index (χ4n) is 4.57. The van der Waals surface area contributed by atoms with Crippen LogP contribution >= 0.6 is 0 Å². The van der Waals surface area contributed by atoms with Gasteiger partial charge < -0.3 is 10.4 Å². The summed E-state index contributed by atoms with van der Waals surface area (Å²) < 4.78 is 0. The number of hydrogen-bond acceptors (Lipinski definition) is 3. The highest BCUT2D eigenvalue weighted by atomic mass is 16.3. The monoisotopic (exact) mass is 344 g/mol. The molecule has 1 amide bonds. The number of carbonyl (C=O) groups excluding carboxylic acids is 1. The van der Waals surface area contributed by atoms with Gasteiger partial charge in [0.1, 0.15) is 0 Å². The Morgan fingerprint density at radius 3 is 2.68 bits per heavy atom. The Labute approximate surface area is 151 Å². The minimum Gasteiger partial charge on any atom is -0.393 e. The number of hydrogen-bond donors (Lipinski definition) is 2. The predicted octanol–water partition coefficient (Wildman–Crippen LogP) is 2.71. The summed E-state index contributed by atoms with van der Waals surface area (Å²) in [6, 6.07) is 10.7. The van der Waals surface area contributed by atoms with Crippen LogP contribution in [0.4, 0.5) is 0 Å². The maximum Gasteiger partial charge on any atom is 0.234 e. The summed E-state index contributed by atoms with van der Waals surface area (Å²) in [6.45, 7) is 4.84. The van der Waals surface area contributed by atoms with Gasteiger partial charge in [-0.25, -0.2) is 0 Å². The number of rotatable bonds is 6. The van der Waals surface area contributed by atoms with Gasteiger partial charge in [0.25, 0.3) is 0 Å². The van der Waals surface area contributed by atoms with Crippen LogP contribution < -0.4 is 5.32 Å². The molecule has 0 bridgehead atoms. The zero-order valence-electron chi connectivity index (χ0n) is 15.4. The average molecular weight is 344 g/mol. The van der Waals surface area contributed by atoms with E-state index in [0.29, 0.717) is 12.5 Å². The van der Waals surface area contributed by atoms with Crippen molar-refractivity contribution in [2.45, 2.75) is 57.0 Å². The first-order valence-corrected chi connectivity index (χ1v) is 9.82. The van der Waals surface area contributed by atoms with Crippen LogP contribution in [0.5, 0.6) is 0 Å². The molecule has 1 saturated carbocycles. The molecule has 4 heteroatoms. The lowest BCUT2D eigenvalue weighted by molar-refractivity contribution is -0.123. The number of aliphatic hydroxyl groups excluding tert-OH is 1. The Hall–Kier alpha value is -1.39. The van der Waals surface area contributed by atoms with Crippen molar-refractivity contribution in [1.82, 2.24) is 10.2 Å². The van der Waals surface area contributed by atoms with Crippen molar-refractivity contribution in [1.29, 1.82) is 0 Å². The molecule has 4 nitrogen and oxygen atoms in total. The van der Waals surface area contributed by atoms with E-state index in [0.717, 1.165) is 45.3 Å². The second-order valence-corrected chi connectivity index (χ2v) is 8.01. The fourth-order valence-corrected chi connectivity index (χ4v) is 4.57. The Kier molecular flexibility index (Phi) is 6.13. The molecule has 2 unspecified atom stereocenters. The molecule has 2 fully saturated rings. The third kappa shape index (κ3) is 4.62. The highest BCUT2D eigenvalue weighted by Crippen LogP contribution is 2.40. The van der Waals surface area contributed by atoms with Gasteiger partial charge in [-0.3, -0.25) is 9.69 Å². The van der Waals surface area contributed by atoms with Crippen LogP contribution in [0.2, 0.25) is 0 Å². The van der Waals surface area contributed by atoms with Gasteiger partial charge in [-0.2, -0.15) is 0 Å². The summed E-state index contributed by atoms with van der Waals surface area (Å²) in [5.41, 5.74) is 1.47. The maximum atomic E-state index is 12.5. The summed E-state index contributed by atoms with van der Waals surface area (Å²) in [7, 11) is 0. The number of nitrogens with zero attached hydrogens (tertiary/aromatic N) is 1. The van der Waals surface area contributed by atoms with Crippen molar-refractivity contribution in [2.24, 2.45) is 5.92 Å². The minimum absolute atomic E-state index is 0.112. The van der Waals surface area contributed by atoms with Crippen molar-refractivity contribution in [2.75, 3.05) is 26.2 Å². The third-order valence-corrected chi connectivity index (χ3v) is 6.16. The molecular formula is C21H32N2O2. The van der Waals surface area contributed by atoms with Crippen molar-refractivity contribution in [3.05, 3.63) is 35.9 Å². The molecule has 2 atom stereocenters. The van der Waals surface area contributed by atoms with E-state index in [4.69, 9.17) is 0 Å². The quantitative estimate of drug-likeness (QED) is 0.834. The largest absolute Gasteiger partial charge is 0.393 e. The molecule has 138 valence electrons. The molecule has 1 heterocycles. The zero-order chi connectivity index (χ0) is 17.7. The van der Waals surface area contributed by atoms with E-state index in [1.807, 2.05) is 6.92 Å². The number of benzene rings is 1. The first kappa shape index (κ1) is 18.4. The molecule has 2 N–H and O–H groups in total. The van der Waals surface area contributed by atoms with Crippen LogP contribution in [0.1, 0.15) is 51.0 Å². The number of carbonyl (C=O) groups is 1. The number of likely N-dealkylation sites (tertiary alicyclic amines) is 1. The van der Waals surface area contributed by atoms with Crippen LogP contribution in [-0.2, 0) is 10.2 Å². The SMILES string of the molecule is CC(O)C1CCCN(CC(=O)NCC2(c3ccccc3)CCCC2)C1. The summed E-state index contributed by atoms with van der Waals surface area (Å²) in [6.07, 6.45) is 6.64. The molecule has 0 radical (unpaired) electrons. The summed E-state index contributed by atoms with van der Waals surface area (Å²) >= 11 is 0. The standard InChI is InChI=1S/C21H32N2O2/c1-17(24)18-8-7-13-23(14-18)15-20(25)22-16-21(11-5-6-12-21)19-9-3-2-4-10-19/h2-4,9-10,17-18,24H,5-8,11-16H2,1H3,(H,22,25). The molecule has 0 aromatic heterocycles. The molecule has 1 aliphatic carbocycles. The van der Waals surface area contributed by atoms with Crippen LogP contribution in [0, 0.1) is 5.92 Å². The van der Waals surface area contributed by atoms with E-state index in [-0.39, 0.29) is 17.4 Å². The number of piperidine rings is 1. The zero-order valence-corrected chi connectivity index (χ0v) is 15.4. The lowest BCUT2D eigenvalue weighted by Gasteiger charge is -2.34. The number of aliphatic hydroxyl groups is 1. The lowest BCUT2D eigenvalue weighted by Crippen LogP contribution is -2.47. The van der Waals surface area contributed by atoms with E-state index >= 15 is 0 Å². The third-order valence-electron chi connectivity index (χ3n) is 6.16. The normalized spacial score (nSPS) is 24.8. The van der Waals surface area contributed by atoms with E-state index in [9.17, 15) is 9.90 Å². The Morgan fingerprint density at radius 1 is 1.28 bits per heavy atom. The molecule has 1 aromatic rings. The lowest BCUT2D eigenvalue weighted by atomic mass is 9.79. The van der Waals surface area contributed by atoms with Crippen LogP contribution in [-0.4, -0.2) is 48.2 Å². The van der Waals surface area contributed by atoms with E-state index in [1.54, 1.807) is 0 Å². The number of nitrogens with one attached hydrogen (secondary N) is 1. The van der Waals surface area contributed by atoms with Gasteiger partial charge in [0.05, 0.1) is 12.6 Å². The van der Waals surface area contributed by atoms with Gasteiger partial charge >= 0.3 is 0 Å². The van der Waals surface area contributed by atoms with Crippen molar-refractivity contribution < 1.29 is 9.90 Å². The fraction of sp³-hybridized carbons (Fsp3) is 0.667. The van der Waals surface area contributed by atoms with E-state index in [1.165, 1.54) is 18.4 Å². The molecule has 0 spiro atoms. The first-order valence-electron chi connectivity index (χ1n) is 9.82. The first-order chi connectivity index (χ1) is 12.1. The molecule has 2 aliphatic rings. The summed E-state index contributed by atoms with van der Waals surface area (Å²) in [4.78, 5) is 14.7. The van der Waals surface area contributed by atoms with Gasteiger partial charge in [-0.15, -0.1) is 0 Å². The maximum absolute atomic E-state index is 12.5. The van der Waals surface area contributed by atoms with E-state index in [2.05, 4.69) is 40.5 Å². The second kappa shape index (κ2) is 8.33. The Balaban J connectivity index is 1.54. The predicted molar refractivity (Wildman–Crippen MR) is 100 cm³/mol. The van der Waals surface area contributed by atoms with Crippen molar-refractivity contribution in [3.8, 4) is 0 Å². The second-order valence-electron chi connectivity index (χ2n) is 8.01. The topological polar surface area (TPSA) is 52.6 Å². The number of amides is 1. The molecule has 3 rings (SSSR count). The Bertz CT molecular complexity index is 552. The average Bonchev–Trinajstić information content (AvgIpc) is 3.11. The van der Waals surface area contributed by atoms with Gasteiger partial charge in [-0.1, -0.05) is 43.2 Å². The van der Waals surface area contributed by atoms with Gasteiger partial charge in [-0.05, 0) is 50.6 Å². The Morgan fingerprint density at radius 2 is 2.00 bits per heavy atom. The van der Waals surface area contributed by atoms with Gasteiger partial charge in [0.15, 0.2) is 0 Å². The minimum atomic E-state index is -0.286. The smallest absolute Gasteiger partial charge is 0.234 e. The summed E-state index contributed by atoms with van der Waals surface area (Å²) in [5.74, 6) is 0.417.